The van der Waals surface area contributed by atoms with Crippen LogP contribution >= 0.6 is 0 Å². The quantitative estimate of drug-likeness (QED) is 0.169. The zero-order valence-electron chi connectivity index (χ0n) is 32.4. The molecule has 0 aliphatic rings. The topological polar surface area (TPSA) is 48.0 Å². The van der Waals surface area contributed by atoms with Gasteiger partial charge in [-0.25, -0.2) is 15.0 Å². The van der Waals surface area contributed by atoms with Crippen LogP contribution in [0.4, 0.5) is 0 Å². The van der Waals surface area contributed by atoms with E-state index in [0.29, 0.717) is 17.5 Å². The SMILES string of the molecule is c1ccc(-n2c3ccccc3n3c4ccccc4c(-c4ccc(-c5ccc(-c6nc(-c7ccc8ccccc8c7)nc(-c7ccc8ccccc8c7)n6)cc5)cc4)c23)cc1. The highest BCUT2D eigenvalue weighted by molar-refractivity contribution is 6.09. The van der Waals surface area contributed by atoms with Crippen molar-refractivity contribution in [1.29, 1.82) is 0 Å². The molecule has 0 fully saturated rings. The maximum Gasteiger partial charge on any atom is 0.164 e. The summed E-state index contributed by atoms with van der Waals surface area (Å²) in [6.45, 7) is 0. The highest BCUT2D eigenvalue weighted by Crippen LogP contribution is 2.41. The van der Waals surface area contributed by atoms with Crippen molar-refractivity contribution in [1.82, 2.24) is 23.9 Å². The van der Waals surface area contributed by atoms with Crippen molar-refractivity contribution in [2.75, 3.05) is 0 Å². The van der Waals surface area contributed by atoms with Gasteiger partial charge in [-0.15, -0.1) is 0 Å². The molecule has 5 heteroatoms. The summed E-state index contributed by atoms with van der Waals surface area (Å²) < 4.78 is 4.81. The molecule has 3 aromatic heterocycles. The molecule has 0 aliphatic carbocycles. The number of fused-ring (bicyclic) bond motifs is 7. The fourth-order valence-corrected chi connectivity index (χ4v) is 8.82. The fourth-order valence-electron chi connectivity index (χ4n) is 8.82. The lowest BCUT2D eigenvalue weighted by atomic mass is 9.98. The van der Waals surface area contributed by atoms with Crippen LogP contribution in [0.2, 0.25) is 0 Å². The molecule has 0 spiro atoms. The Morgan fingerprint density at radius 3 is 1.33 bits per heavy atom. The van der Waals surface area contributed by atoms with Crippen LogP contribution < -0.4 is 0 Å². The van der Waals surface area contributed by atoms with E-state index in [1.807, 2.05) is 0 Å². The van der Waals surface area contributed by atoms with Gasteiger partial charge in [0.25, 0.3) is 0 Å². The van der Waals surface area contributed by atoms with Crippen molar-refractivity contribution in [2.24, 2.45) is 0 Å². The molecule has 0 unspecified atom stereocenters. The first-order valence-corrected chi connectivity index (χ1v) is 20.3. The van der Waals surface area contributed by atoms with Crippen LogP contribution in [0.25, 0.3) is 111 Å². The van der Waals surface area contributed by atoms with Crippen LogP contribution in [-0.2, 0) is 0 Å². The summed E-state index contributed by atoms with van der Waals surface area (Å²) in [4.78, 5) is 15.2. The number of aromatic nitrogens is 5. The normalized spacial score (nSPS) is 11.7. The predicted octanol–water partition coefficient (Wildman–Crippen LogP) is 13.9. The molecule has 0 amide bonds. The van der Waals surface area contributed by atoms with E-state index in [1.165, 1.54) is 43.8 Å². The van der Waals surface area contributed by atoms with Crippen molar-refractivity contribution in [3.8, 4) is 62.1 Å². The predicted molar refractivity (Wildman–Crippen MR) is 247 cm³/mol. The summed E-state index contributed by atoms with van der Waals surface area (Å²) >= 11 is 0. The number of hydrogen-bond donors (Lipinski definition) is 0. The Kier molecular flexibility index (Phi) is 7.78. The van der Waals surface area contributed by atoms with Gasteiger partial charge in [-0.2, -0.15) is 0 Å². The first-order valence-electron chi connectivity index (χ1n) is 20.3. The van der Waals surface area contributed by atoms with Gasteiger partial charge in [0.15, 0.2) is 17.5 Å². The van der Waals surface area contributed by atoms with Gasteiger partial charge in [-0.1, -0.05) is 170 Å². The lowest BCUT2D eigenvalue weighted by Gasteiger charge is -2.11. The Morgan fingerprint density at radius 2 is 0.733 bits per heavy atom. The van der Waals surface area contributed by atoms with E-state index in [4.69, 9.17) is 15.0 Å². The minimum Gasteiger partial charge on any atom is -0.293 e. The van der Waals surface area contributed by atoms with Crippen LogP contribution in [0.3, 0.4) is 0 Å². The average molecular weight is 766 g/mol. The summed E-state index contributed by atoms with van der Waals surface area (Å²) in [6, 6.07) is 75.2. The third kappa shape index (κ3) is 5.59. The number of imidazole rings is 1. The Hall–Kier alpha value is -8.15. The highest BCUT2D eigenvalue weighted by atomic mass is 15.1. The van der Waals surface area contributed by atoms with Crippen molar-refractivity contribution in [3.63, 3.8) is 0 Å². The molecule has 0 atom stereocenters. The number of nitrogens with zero attached hydrogens (tertiary/aromatic N) is 5. The molecule has 12 rings (SSSR count). The molecule has 280 valence electrons. The lowest BCUT2D eigenvalue weighted by molar-refractivity contribution is 1.08. The smallest absolute Gasteiger partial charge is 0.164 e. The van der Waals surface area contributed by atoms with Crippen LogP contribution in [0.15, 0.2) is 212 Å². The van der Waals surface area contributed by atoms with Crippen LogP contribution in [0.5, 0.6) is 0 Å². The van der Waals surface area contributed by atoms with Crippen molar-refractivity contribution >= 4 is 49.1 Å². The van der Waals surface area contributed by atoms with E-state index in [2.05, 4.69) is 221 Å². The molecular formula is C55H35N5. The third-order valence-electron chi connectivity index (χ3n) is 11.7. The van der Waals surface area contributed by atoms with Gasteiger partial charge in [-0.05, 0) is 80.7 Å². The lowest BCUT2D eigenvalue weighted by Crippen LogP contribution is -2.00. The molecule has 3 heterocycles. The van der Waals surface area contributed by atoms with Gasteiger partial charge in [0, 0.05) is 33.3 Å². The van der Waals surface area contributed by atoms with Gasteiger partial charge in [-0.3, -0.25) is 8.97 Å². The van der Waals surface area contributed by atoms with E-state index in [-0.39, 0.29) is 0 Å². The molecule has 0 radical (unpaired) electrons. The van der Waals surface area contributed by atoms with Gasteiger partial charge >= 0.3 is 0 Å². The maximum absolute atomic E-state index is 5.08. The Labute approximate surface area is 346 Å². The molecule has 0 bridgehead atoms. The van der Waals surface area contributed by atoms with Crippen molar-refractivity contribution in [3.05, 3.63) is 212 Å². The molecular weight excluding hydrogens is 731 g/mol. The van der Waals surface area contributed by atoms with Gasteiger partial charge < -0.3 is 0 Å². The van der Waals surface area contributed by atoms with Crippen LogP contribution in [-0.4, -0.2) is 23.9 Å². The summed E-state index contributed by atoms with van der Waals surface area (Å²) in [6.07, 6.45) is 0. The van der Waals surface area contributed by atoms with Crippen LogP contribution in [0, 0.1) is 0 Å². The zero-order valence-corrected chi connectivity index (χ0v) is 32.4. The second kappa shape index (κ2) is 13.8. The summed E-state index contributed by atoms with van der Waals surface area (Å²) in [5, 5.41) is 5.88. The van der Waals surface area contributed by atoms with E-state index in [9.17, 15) is 0 Å². The van der Waals surface area contributed by atoms with E-state index < -0.39 is 0 Å². The number of hydrogen-bond acceptors (Lipinski definition) is 3. The van der Waals surface area contributed by atoms with Crippen LogP contribution in [0.1, 0.15) is 0 Å². The molecule has 0 saturated carbocycles. The average Bonchev–Trinajstić information content (AvgIpc) is 3.84. The number of para-hydroxylation sites is 4. The number of rotatable bonds is 6. The summed E-state index contributed by atoms with van der Waals surface area (Å²) in [7, 11) is 0. The summed E-state index contributed by atoms with van der Waals surface area (Å²) in [5.41, 5.74) is 13.3. The second-order valence-electron chi connectivity index (χ2n) is 15.3. The molecule has 0 aliphatic heterocycles. The van der Waals surface area contributed by atoms with Gasteiger partial charge in [0.2, 0.25) is 0 Å². The fraction of sp³-hybridized carbons (Fsp3) is 0. The Morgan fingerprint density at radius 1 is 0.300 bits per heavy atom. The second-order valence-corrected chi connectivity index (χ2v) is 15.3. The van der Waals surface area contributed by atoms with E-state index >= 15 is 0 Å². The third-order valence-corrected chi connectivity index (χ3v) is 11.7. The monoisotopic (exact) mass is 765 g/mol. The number of benzene rings is 9. The highest BCUT2D eigenvalue weighted by Gasteiger charge is 2.22. The first kappa shape index (κ1) is 33.9. The summed E-state index contributed by atoms with van der Waals surface area (Å²) in [5.74, 6) is 1.93. The molecule has 0 saturated heterocycles. The standard InChI is InChI=1S/C55H35N5/c1-2-16-46(17-3-1)59-49-20-10-11-21-50(49)60-48-19-9-8-18-47(48)51(55(59)60)40-28-22-38(23-29-40)39-24-30-41(31-25-39)52-56-53(44-32-26-36-12-4-6-14-42(36)34-44)58-54(57-52)45-33-27-37-13-5-7-15-43(37)35-45/h1-35H. The minimum atomic E-state index is 0.636. The molecule has 9 aromatic carbocycles. The van der Waals surface area contributed by atoms with E-state index in [1.54, 1.807) is 0 Å². The molecule has 5 nitrogen and oxygen atoms in total. The Balaban J connectivity index is 0.941. The largest absolute Gasteiger partial charge is 0.293 e. The van der Waals surface area contributed by atoms with Crippen molar-refractivity contribution in [2.45, 2.75) is 0 Å². The molecule has 60 heavy (non-hydrogen) atoms. The first-order chi connectivity index (χ1) is 29.7. The Bertz CT molecular complexity index is 3480. The van der Waals surface area contributed by atoms with Gasteiger partial charge in [0.05, 0.1) is 16.6 Å². The van der Waals surface area contributed by atoms with Gasteiger partial charge in [0.1, 0.15) is 5.65 Å². The van der Waals surface area contributed by atoms with Crippen molar-refractivity contribution < 1.29 is 0 Å². The van der Waals surface area contributed by atoms with E-state index in [0.717, 1.165) is 49.9 Å². The molecule has 12 aromatic rings. The minimum absolute atomic E-state index is 0.636. The zero-order chi connectivity index (χ0) is 39.6. The maximum atomic E-state index is 5.08. The molecule has 0 N–H and O–H groups in total.